The van der Waals surface area contributed by atoms with Crippen LogP contribution in [0.5, 0.6) is 0 Å². The zero-order chi connectivity index (χ0) is 18.7. The van der Waals surface area contributed by atoms with E-state index in [1.807, 2.05) is 30.3 Å². The number of carbonyl (C=O) groups is 1. The van der Waals surface area contributed by atoms with E-state index < -0.39 is 5.54 Å². The molecule has 3 heterocycles. The Kier molecular flexibility index (Phi) is 4.94. The molecule has 142 valence electrons. The number of hydrogen-bond acceptors (Lipinski definition) is 6. The van der Waals surface area contributed by atoms with Gasteiger partial charge in [-0.05, 0) is 37.8 Å². The second-order valence-corrected chi connectivity index (χ2v) is 7.48. The first-order valence-electron chi connectivity index (χ1n) is 9.57. The average molecular weight is 366 g/mol. The van der Waals surface area contributed by atoms with Crippen molar-refractivity contribution in [3.05, 3.63) is 48.3 Å². The summed E-state index contributed by atoms with van der Waals surface area (Å²) in [5, 5.41) is 6.61. The Morgan fingerprint density at radius 1 is 1.26 bits per heavy atom. The predicted molar refractivity (Wildman–Crippen MR) is 105 cm³/mol. The van der Waals surface area contributed by atoms with Gasteiger partial charge in [0.1, 0.15) is 23.5 Å². The molecule has 2 saturated heterocycles. The molecule has 0 spiro atoms. The van der Waals surface area contributed by atoms with Gasteiger partial charge in [0.2, 0.25) is 5.91 Å². The lowest BCUT2D eigenvalue weighted by molar-refractivity contribution is -0.134. The SMILES string of the molecule is Nc1cc(N[C@@H]2CN3CCCC[C@@]3(C(=O)NCc3ccccc3)C2)ncn1. The van der Waals surface area contributed by atoms with Gasteiger partial charge in [-0.2, -0.15) is 0 Å². The van der Waals surface area contributed by atoms with Gasteiger partial charge in [-0.25, -0.2) is 9.97 Å². The van der Waals surface area contributed by atoms with E-state index in [2.05, 4.69) is 25.5 Å². The first-order valence-corrected chi connectivity index (χ1v) is 9.57. The van der Waals surface area contributed by atoms with Crippen LogP contribution >= 0.6 is 0 Å². The standard InChI is InChI=1S/C20H26N6O/c21-17-10-18(24-14-23-17)25-16-11-20(8-4-5-9-26(20)13-16)19(27)22-12-15-6-2-1-3-7-15/h1-3,6-7,10,14,16H,4-5,8-9,11-13H2,(H,22,27)(H3,21,23,24,25)/t16-,20-/m0/s1. The number of carbonyl (C=O) groups excluding carboxylic acids is 1. The van der Waals surface area contributed by atoms with Gasteiger partial charge in [-0.15, -0.1) is 0 Å². The fourth-order valence-corrected chi connectivity index (χ4v) is 4.38. The summed E-state index contributed by atoms with van der Waals surface area (Å²) in [7, 11) is 0. The van der Waals surface area contributed by atoms with E-state index in [-0.39, 0.29) is 11.9 Å². The quantitative estimate of drug-likeness (QED) is 0.747. The third kappa shape index (κ3) is 3.73. The zero-order valence-electron chi connectivity index (χ0n) is 15.4. The summed E-state index contributed by atoms with van der Waals surface area (Å²) in [6.45, 7) is 2.36. The van der Waals surface area contributed by atoms with Crippen LogP contribution in [0, 0.1) is 0 Å². The van der Waals surface area contributed by atoms with Crippen molar-refractivity contribution < 1.29 is 4.79 Å². The number of nitrogens with two attached hydrogens (primary N) is 1. The maximum absolute atomic E-state index is 13.2. The molecule has 7 nitrogen and oxygen atoms in total. The Morgan fingerprint density at radius 2 is 2.11 bits per heavy atom. The Labute approximate surface area is 159 Å². The van der Waals surface area contributed by atoms with Gasteiger partial charge in [0.15, 0.2) is 0 Å². The Hall–Kier alpha value is -2.67. The maximum Gasteiger partial charge on any atom is 0.240 e. The van der Waals surface area contributed by atoms with Gasteiger partial charge in [-0.1, -0.05) is 30.3 Å². The fraction of sp³-hybridized carbons (Fsp3) is 0.450. The van der Waals surface area contributed by atoms with Crippen LogP contribution in [0.15, 0.2) is 42.7 Å². The molecule has 2 aromatic rings. The highest BCUT2D eigenvalue weighted by Crippen LogP contribution is 2.39. The minimum atomic E-state index is -0.427. The number of hydrogen-bond donors (Lipinski definition) is 3. The molecular formula is C20H26N6O. The van der Waals surface area contributed by atoms with E-state index in [1.165, 1.54) is 6.33 Å². The normalized spacial score (nSPS) is 25.0. The third-order valence-electron chi connectivity index (χ3n) is 5.66. The molecule has 0 saturated carbocycles. The minimum Gasteiger partial charge on any atom is -0.384 e. The van der Waals surface area contributed by atoms with Gasteiger partial charge < -0.3 is 16.4 Å². The fourth-order valence-electron chi connectivity index (χ4n) is 4.38. The molecule has 0 bridgehead atoms. The molecule has 2 aliphatic heterocycles. The number of rotatable bonds is 5. The second-order valence-electron chi connectivity index (χ2n) is 7.48. The predicted octanol–water partition coefficient (Wildman–Crippen LogP) is 1.78. The molecule has 4 rings (SSSR count). The van der Waals surface area contributed by atoms with Crippen LogP contribution in [0.4, 0.5) is 11.6 Å². The molecule has 2 aliphatic rings. The van der Waals surface area contributed by atoms with Crippen LogP contribution < -0.4 is 16.4 Å². The van der Waals surface area contributed by atoms with E-state index in [9.17, 15) is 4.79 Å². The van der Waals surface area contributed by atoms with Gasteiger partial charge >= 0.3 is 0 Å². The number of amides is 1. The lowest BCUT2D eigenvalue weighted by atomic mass is 9.84. The number of aromatic nitrogens is 2. The summed E-state index contributed by atoms with van der Waals surface area (Å²) >= 11 is 0. The van der Waals surface area contributed by atoms with Crippen LogP contribution in [0.1, 0.15) is 31.2 Å². The van der Waals surface area contributed by atoms with Crippen molar-refractivity contribution in [2.24, 2.45) is 0 Å². The molecule has 1 amide bonds. The average Bonchev–Trinajstić information content (AvgIpc) is 3.06. The van der Waals surface area contributed by atoms with Gasteiger partial charge in [0.05, 0.1) is 0 Å². The van der Waals surface area contributed by atoms with E-state index in [0.717, 1.165) is 44.3 Å². The van der Waals surface area contributed by atoms with Crippen molar-refractivity contribution in [1.29, 1.82) is 0 Å². The van der Waals surface area contributed by atoms with E-state index in [1.54, 1.807) is 6.07 Å². The van der Waals surface area contributed by atoms with Crippen molar-refractivity contribution in [3.63, 3.8) is 0 Å². The summed E-state index contributed by atoms with van der Waals surface area (Å²) in [6, 6.07) is 12.0. The highest BCUT2D eigenvalue weighted by Gasteiger charge is 2.51. The summed E-state index contributed by atoms with van der Waals surface area (Å²) in [5.74, 6) is 1.29. The summed E-state index contributed by atoms with van der Waals surface area (Å²) in [4.78, 5) is 23.7. The Morgan fingerprint density at radius 3 is 2.93 bits per heavy atom. The Bertz CT molecular complexity index is 798. The van der Waals surface area contributed by atoms with E-state index in [4.69, 9.17) is 5.73 Å². The first-order chi connectivity index (χ1) is 13.2. The van der Waals surface area contributed by atoms with Crippen molar-refractivity contribution in [2.45, 2.75) is 43.8 Å². The summed E-state index contributed by atoms with van der Waals surface area (Å²) in [5.41, 5.74) is 6.45. The number of piperidine rings is 1. The number of fused-ring (bicyclic) bond motifs is 1. The number of nitrogen functional groups attached to an aromatic ring is 1. The smallest absolute Gasteiger partial charge is 0.240 e. The molecule has 1 aromatic heterocycles. The van der Waals surface area contributed by atoms with Gasteiger partial charge in [0.25, 0.3) is 0 Å². The van der Waals surface area contributed by atoms with Crippen LogP contribution in [-0.4, -0.2) is 45.4 Å². The minimum absolute atomic E-state index is 0.137. The molecule has 0 aliphatic carbocycles. The van der Waals surface area contributed by atoms with Gasteiger partial charge in [0, 0.05) is 25.2 Å². The van der Waals surface area contributed by atoms with Crippen molar-refractivity contribution >= 4 is 17.5 Å². The lowest BCUT2D eigenvalue weighted by Crippen LogP contribution is -2.57. The molecule has 2 atom stereocenters. The monoisotopic (exact) mass is 366 g/mol. The molecular weight excluding hydrogens is 340 g/mol. The molecule has 4 N–H and O–H groups in total. The highest BCUT2D eigenvalue weighted by atomic mass is 16.2. The zero-order valence-corrected chi connectivity index (χ0v) is 15.4. The van der Waals surface area contributed by atoms with Crippen LogP contribution in [-0.2, 0) is 11.3 Å². The number of benzene rings is 1. The number of anilines is 2. The third-order valence-corrected chi connectivity index (χ3v) is 5.66. The maximum atomic E-state index is 13.2. The molecule has 0 unspecified atom stereocenters. The second kappa shape index (κ2) is 7.52. The molecule has 0 radical (unpaired) electrons. The summed E-state index contributed by atoms with van der Waals surface area (Å²) < 4.78 is 0. The topological polar surface area (TPSA) is 96.2 Å². The van der Waals surface area contributed by atoms with E-state index >= 15 is 0 Å². The Balaban J connectivity index is 1.46. The summed E-state index contributed by atoms with van der Waals surface area (Å²) in [6.07, 6.45) is 5.36. The largest absolute Gasteiger partial charge is 0.384 e. The van der Waals surface area contributed by atoms with E-state index in [0.29, 0.717) is 18.2 Å². The molecule has 1 aromatic carbocycles. The highest BCUT2D eigenvalue weighted by molar-refractivity contribution is 5.87. The molecule has 2 fully saturated rings. The van der Waals surface area contributed by atoms with Crippen LogP contribution in [0.25, 0.3) is 0 Å². The van der Waals surface area contributed by atoms with Crippen molar-refractivity contribution in [2.75, 3.05) is 24.1 Å². The van der Waals surface area contributed by atoms with Gasteiger partial charge in [-0.3, -0.25) is 9.69 Å². The van der Waals surface area contributed by atoms with Crippen LogP contribution in [0.3, 0.4) is 0 Å². The molecule has 7 heteroatoms. The van der Waals surface area contributed by atoms with Crippen molar-refractivity contribution in [3.8, 4) is 0 Å². The van der Waals surface area contributed by atoms with Crippen molar-refractivity contribution in [1.82, 2.24) is 20.2 Å². The molecule has 27 heavy (non-hydrogen) atoms. The number of nitrogens with zero attached hydrogens (tertiary/aromatic N) is 3. The first kappa shape index (κ1) is 17.7. The van der Waals surface area contributed by atoms with Crippen LogP contribution in [0.2, 0.25) is 0 Å². The number of nitrogens with one attached hydrogen (secondary N) is 2. The lowest BCUT2D eigenvalue weighted by Gasteiger charge is -2.40.